The summed E-state index contributed by atoms with van der Waals surface area (Å²) >= 11 is 4.39. The summed E-state index contributed by atoms with van der Waals surface area (Å²) in [5, 5.41) is 14.1. The number of halogens is 2. The van der Waals surface area contributed by atoms with E-state index in [1.807, 2.05) is 0 Å². The molecule has 3 aromatic rings. The zero-order valence-electron chi connectivity index (χ0n) is 13.9. The van der Waals surface area contributed by atoms with Crippen molar-refractivity contribution in [2.24, 2.45) is 0 Å². The second-order valence-corrected chi connectivity index (χ2v) is 7.37. The lowest BCUT2D eigenvalue weighted by Crippen LogP contribution is -2.14. The van der Waals surface area contributed by atoms with Crippen molar-refractivity contribution in [2.75, 3.05) is 5.32 Å². The number of hydrogen-bond acceptors (Lipinski definition) is 4. The number of amides is 1. The average molecular weight is 449 g/mol. The summed E-state index contributed by atoms with van der Waals surface area (Å²) in [7, 11) is 0. The smallest absolute Gasteiger partial charge is 0.339 e. The predicted molar refractivity (Wildman–Crippen MR) is 106 cm³/mol. The lowest BCUT2D eigenvalue weighted by molar-refractivity contribution is -0.116. The first-order valence-corrected chi connectivity index (χ1v) is 9.63. The van der Waals surface area contributed by atoms with Crippen molar-refractivity contribution in [3.63, 3.8) is 0 Å². The minimum Gasteiger partial charge on any atom is -0.478 e. The lowest BCUT2D eigenvalue weighted by Gasteiger charge is -2.06. The van der Waals surface area contributed by atoms with Gasteiger partial charge in [-0.3, -0.25) is 4.79 Å². The molecule has 27 heavy (non-hydrogen) atoms. The summed E-state index contributed by atoms with van der Waals surface area (Å²) in [6.07, 6.45) is 0.475. The number of carbonyl (C=O) groups is 2. The molecule has 5 nitrogen and oxygen atoms in total. The van der Waals surface area contributed by atoms with E-state index in [1.165, 1.54) is 12.1 Å². The largest absolute Gasteiger partial charge is 0.478 e. The van der Waals surface area contributed by atoms with Crippen LogP contribution < -0.4 is 5.32 Å². The molecule has 2 N–H and O–H groups in total. The molecule has 0 unspecified atom stereocenters. The van der Waals surface area contributed by atoms with E-state index in [1.54, 1.807) is 35.7 Å². The molecule has 0 saturated carbocycles. The normalized spacial score (nSPS) is 10.6. The number of carboxylic acid groups (broad SMARTS) is 1. The number of anilines is 1. The van der Waals surface area contributed by atoms with Crippen LogP contribution in [-0.2, 0) is 11.2 Å². The molecule has 1 amide bonds. The van der Waals surface area contributed by atoms with Gasteiger partial charge in [-0.2, -0.15) is 0 Å². The quantitative estimate of drug-likeness (QED) is 0.521. The number of benzene rings is 1. The number of aromatic carboxylic acids is 1. The van der Waals surface area contributed by atoms with Crippen LogP contribution in [0.25, 0.3) is 11.3 Å². The molecule has 0 spiro atoms. The van der Waals surface area contributed by atoms with Gasteiger partial charge in [0.1, 0.15) is 21.0 Å². The van der Waals surface area contributed by atoms with Crippen LogP contribution >= 0.6 is 27.3 Å². The van der Waals surface area contributed by atoms with E-state index in [2.05, 4.69) is 26.2 Å². The third-order valence-electron chi connectivity index (χ3n) is 3.78. The number of aryl methyl sites for hydroxylation is 1. The Bertz CT molecular complexity index is 1010. The van der Waals surface area contributed by atoms with Crippen molar-refractivity contribution in [1.29, 1.82) is 0 Å². The molecule has 2 heterocycles. The number of pyridine rings is 1. The summed E-state index contributed by atoms with van der Waals surface area (Å²) < 4.78 is 13.8. The number of rotatable bonds is 6. The SMILES string of the molecule is O=C(CCc1cccc(F)c1)Nc1scc(-c2cccc(Br)n2)c1C(=O)O. The van der Waals surface area contributed by atoms with Gasteiger partial charge in [0.05, 0.1) is 5.69 Å². The van der Waals surface area contributed by atoms with Crippen molar-refractivity contribution in [3.8, 4) is 11.3 Å². The fourth-order valence-corrected chi connectivity index (χ4v) is 3.85. The molecule has 0 bridgehead atoms. The molecule has 1 aromatic carbocycles. The van der Waals surface area contributed by atoms with Gasteiger partial charge in [-0.25, -0.2) is 14.2 Å². The van der Waals surface area contributed by atoms with Gasteiger partial charge in [0.2, 0.25) is 5.91 Å². The molecule has 8 heteroatoms. The van der Waals surface area contributed by atoms with Crippen LogP contribution in [0.15, 0.2) is 52.4 Å². The van der Waals surface area contributed by atoms with Crippen LogP contribution in [0.2, 0.25) is 0 Å². The number of carbonyl (C=O) groups excluding carboxylic acids is 1. The van der Waals surface area contributed by atoms with E-state index in [0.717, 1.165) is 11.3 Å². The Morgan fingerprint density at radius 2 is 2.00 bits per heavy atom. The summed E-state index contributed by atoms with van der Waals surface area (Å²) in [5.74, 6) is -1.84. The molecule has 0 radical (unpaired) electrons. The Morgan fingerprint density at radius 1 is 1.22 bits per heavy atom. The van der Waals surface area contributed by atoms with Crippen molar-refractivity contribution in [1.82, 2.24) is 4.98 Å². The highest BCUT2D eigenvalue weighted by molar-refractivity contribution is 9.10. The number of hydrogen-bond donors (Lipinski definition) is 2. The van der Waals surface area contributed by atoms with Gasteiger partial charge < -0.3 is 10.4 Å². The van der Waals surface area contributed by atoms with Gasteiger partial charge in [-0.1, -0.05) is 18.2 Å². The molecule has 0 fully saturated rings. The standard InChI is InChI=1S/C19H14BrFN2O3S/c20-15-6-2-5-14(22-15)13-10-27-18(17(13)19(25)26)23-16(24)8-7-11-3-1-4-12(21)9-11/h1-6,9-10H,7-8H2,(H,23,24)(H,25,26). The molecule has 0 aliphatic carbocycles. The first kappa shape index (κ1) is 19.2. The number of carboxylic acids is 1. The third kappa shape index (κ3) is 4.78. The zero-order chi connectivity index (χ0) is 19.4. The fourth-order valence-electron chi connectivity index (χ4n) is 2.55. The third-order valence-corrected chi connectivity index (χ3v) is 5.12. The second kappa shape index (κ2) is 8.41. The number of nitrogens with zero attached hydrogens (tertiary/aromatic N) is 1. The van der Waals surface area contributed by atoms with Gasteiger partial charge in [-0.15, -0.1) is 11.3 Å². The molecule has 0 saturated heterocycles. The van der Waals surface area contributed by atoms with E-state index in [9.17, 15) is 19.1 Å². The minimum absolute atomic E-state index is 0.00436. The molecule has 0 atom stereocenters. The van der Waals surface area contributed by atoms with E-state index >= 15 is 0 Å². The Morgan fingerprint density at radius 3 is 2.70 bits per heavy atom. The number of nitrogens with one attached hydrogen (secondary N) is 1. The maximum atomic E-state index is 13.2. The van der Waals surface area contributed by atoms with Gasteiger partial charge >= 0.3 is 5.97 Å². The predicted octanol–water partition coefficient (Wildman–Crippen LogP) is 4.98. The van der Waals surface area contributed by atoms with Crippen LogP contribution in [-0.4, -0.2) is 22.0 Å². The Hall–Kier alpha value is -2.58. The van der Waals surface area contributed by atoms with Gasteiger partial charge in [0.25, 0.3) is 0 Å². The van der Waals surface area contributed by atoms with Gasteiger partial charge in [0, 0.05) is 17.4 Å². The summed E-state index contributed by atoms with van der Waals surface area (Å²) in [4.78, 5) is 28.2. The Kier molecular flexibility index (Phi) is 5.98. The van der Waals surface area contributed by atoms with E-state index in [4.69, 9.17) is 0 Å². The maximum absolute atomic E-state index is 13.2. The molecule has 0 aliphatic rings. The molecule has 3 rings (SSSR count). The number of aromatic nitrogens is 1. The van der Waals surface area contributed by atoms with Crippen molar-refractivity contribution < 1.29 is 19.1 Å². The second-order valence-electron chi connectivity index (χ2n) is 5.68. The van der Waals surface area contributed by atoms with E-state index < -0.39 is 5.97 Å². The highest BCUT2D eigenvalue weighted by atomic mass is 79.9. The molecule has 0 aliphatic heterocycles. The van der Waals surface area contributed by atoms with Crippen molar-refractivity contribution in [2.45, 2.75) is 12.8 Å². The van der Waals surface area contributed by atoms with Gasteiger partial charge in [0.15, 0.2) is 0 Å². The molecule has 2 aromatic heterocycles. The minimum atomic E-state index is -1.14. The maximum Gasteiger partial charge on any atom is 0.339 e. The van der Waals surface area contributed by atoms with Crippen LogP contribution in [0.5, 0.6) is 0 Å². The lowest BCUT2D eigenvalue weighted by atomic mass is 10.1. The zero-order valence-corrected chi connectivity index (χ0v) is 16.3. The van der Waals surface area contributed by atoms with Crippen LogP contribution in [0.4, 0.5) is 9.39 Å². The van der Waals surface area contributed by atoms with Crippen LogP contribution in [0.3, 0.4) is 0 Å². The van der Waals surface area contributed by atoms with Crippen molar-refractivity contribution in [3.05, 3.63) is 69.4 Å². The van der Waals surface area contributed by atoms with Crippen molar-refractivity contribution >= 4 is 44.1 Å². The Labute approximate surface area is 167 Å². The molecular formula is C19H14BrFN2O3S. The average Bonchev–Trinajstić information content (AvgIpc) is 3.04. The molecular weight excluding hydrogens is 435 g/mol. The summed E-state index contributed by atoms with van der Waals surface area (Å²) in [5.41, 5.74) is 1.64. The fraction of sp³-hybridized carbons (Fsp3) is 0.105. The van der Waals surface area contributed by atoms with E-state index in [0.29, 0.717) is 27.8 Å². The van der Waals surface area contributed by atoms with Crippen LogP contribution in [0.1, 0.15) is 22.3 Å². The summed E-state index contributed by atoms with van der Waals surface area (Å²) in [6, 6.07) is 11.2. The highest BCUT2D eigenvalue weighted by Gasteiger charge is 2.21. The highest BCUT2D eigenvalue weighted by Crippen LogP contribution is 2.35. The topological polar surface area (TPSA) is 79.3 Å². The Balaban J connectivity index is 1.76. The van der Waals surface area contributed by atoms with Gasteiger partial charge in [-0.05, 0) is 52.2 Å². The van der Waals surface area contributed by atoms with Crippen LogP contribution in [0, 0.1) is 5.82 Å². The monoisotopic (exact) mass is 448 g/mol. The first-order chi connectivity index (χ1) is 12.9. The van der Waals surface area contributed by atoms with E-state index in [-0.39, 0.29) is 28.7 Å². The first-order valence-electron chi connectivity index (χ1n) is 7.96. The summed E-state index contributed by atoms with van der Waals surface area (Å²) in [6.45, 7) is 0. The molecule has 138 valence electrons. The number of thiophene rings is 1.